The van der Waals surface area contributed by atoms with E-state index in [9.17, 15) is 28.2 Å². The second-order valence-electron chi connectivity index (χ2n) is 16.6. The second kappa shape index (κ2) is 22.4. The van der Waals surface area contributed by atoms with Gasteiger partial charge in [-0.2, -0.15) is 4.98 Å². The van der Waals surface area contributed by atoms with Crippen molar-refractivity contribution in [3.63, 3.8) is 0 Å². The predicted molar refractivity (Wildman–Crippen MR) is 257 cm³/mol. The SMILES string of the molecule is COc1cc(N2CCN(CCCCCCCCCCC(=O)Nc3cccc4c3C(=O)N(C3CCC(=O)NC3=O)C4=O)CC2)ccc1Nc1ncc(Cl)c(Nc2ccccc2N(C)S(C)=O)n1. The number of methoxy groups -OCH3 is 1. The highest BCUT2D eigenvalue weighted by molar-refractivity contribution is 7.85. The second-order valence-corrected chi connectivity index (χ2v) is 18.4. The number of rotatable bonds is 21. The van der Waals surface area contributed by atoms with Gasteiger partial charge in [0, 0.05) is 64.1 Å². The Morgan fingerprint density at radius 1 is 0.879 bits per heavy atom. The standard InChI is InChI=1S/C47H57ClN10O7S/c1-55(66(3)64)37-18-12-11-16-34(37)51-43-33(48)30-49-47(54-43)52-35-21-20-31(29-39(35)65-2)57-27-25-56(26-28-57)24-13-9-7-5-4-6-8-10-19-40(59)50-36-17-14-15-32-42(36)46(63)58(45(32)62)38-22-23-41(60)53-44(38)61/h11-12,14-18,20-21,29-30,38H,4-10,13,19,22-28H2,1-3H3,(H,50,59)(H,53,60,61)(H2,49,51,52,54). The summed E-state index contributed by atoms with van der Waals surface area (Å²) in [7, 11) is 2.18. The van der Waals surface area contributed by atoms with E-state index in [-0.39, 0.29) is 35.6 Å². The number of anilines is 7. The first kappa shape index (κ1) is 47.8. The molecule has 3 aliphatic rings. The first-order valence-corrected chi connectivity index (χ1v) is 24.3. The number of para-hydroxylation sites is 2. The van der Waals surface area contributed by atoms with Crippen molar-refractivity contribution < 1.29 is 32.9 Å². The van der Waals surface area contributed by atoms with Gasteiger partial charge in [0.15, 0.2) is 5.82 Å². The summed E-state index contributed by atoms with van der Waals surface area (Å²) in [5.74, 6) is -1.18. The van der Waals surface area contributed by atoms with Crippen molar-refractivity contribution in [3.8, 4) is 5.75 Å². The summed E-state index contributed by atoms with van der Waals surface area (Å²) >= 11 is 6.49. The van der Waals surface area contributed by atoms with Gasteiger partial charge in [0.2, 0.25) is 23.7 Å². The quantitative estimate of drug-likeness (QED) is 0.0491. The molecular weight excluding hydrogens is 884 g/mol. The van der Waals surface area contributed by atoms with Gasteiger partial charge in [0.25, 0.3) is 11.8 Å². The normalized spacial score (nSPS) is 16.8. The number of amides is 5. The number of carbonyl (C=O) groups excluding carboxylic acids is 5. The molecule has 5 amide bonds. The van der Waals surface area contributed by atoms with E-state index in [1.54, 1.807) is 36.9 Å². The minimum absolute atomic E-state index is 0.0383. The number of nitrogens with zero attached hydrogens (tertiary/aromatic N) is 6. The molecule has 19 heteroatoms. The maximum Gasteiger partial charge on any atom is 0.264 e. The zero-order chi connectivity index (χ0) is 46.7. The van der Waals surface area contributed by atoms with Gasteiger partial charge in [-0.3, -0.25) is 43.4 Å². The lowest BCUT2D eigenvalue weighted by Crippen LogP contribution is -2.54. The van der Waals surface area contributed by atoms with Crippen molar-refractivity contribution >= 4 is 92.3 Å². The van der Waals surface area contributed by atoms with E-state index in [1.807, 2.05) is 36.4 Å². The Hall–Kier alpha value is -6.11. The molecule has 0 spiro atoms. The van der Waals surface area contributed by atoms with E-state index < -0.39 is 40.7 Å². The van der Waals surface area contributed by atoms with Crippen LogP contribution in [0.4, 0.5) is 40.2 Å². The number of nitrogens with one attached hydrogen (secondary N) is 4. The number of aromatic nitrogens is 2. The summed E-state index contributed by atoms with van der Waals surface area (Å²) in [4.78, 5) is 78.1. The van der Waals surface area contributed by atoms with Crippen LogP contribution in [-0.2, 0) is 25.4 Å². The van der Waals surface area contributed by atoms with Gasteiger partial charge in [-0.25, -0.2) is 9.19 Å². The van der Waals surface area contributed by atoms with Crippen molar-refractivity contribution in [1.29, 1.82) is 0 Å². The molecule has 4 aromatic rings. The van der Waals surface area contributed by atoms with Crippen molar-refractivity contribution in [2.45, 2.75) is 76.7 Å². The molecule has 2 saturated heterocycles. The van der Waals surface area contributed by atoms with E-state index in [0.29, 0.717) is 46.8 Å². The maximum atomic E-state index is 13.3. The summed E-state index contributed by atoms with van der Waals surface area (Å²) in [5, 5.41) is 11.9. The predicted octanol–water partition coefficient (Wildman–Crippen LogP) is 7.03. The first-order chi connectivity index (χ1) is 31.9. The summed E-state index contributed by atoms with van der Waals surface area (Å²) in [6.45, 7) is 4.88. The topological polar surface area (TPSA) is 199 Å². The van der Waals surface area contributed by atoms with Gasteiger partial charge in [-0.05, 0) is 62.2 Å². The number of hydrogen-bond donors (Lipinski definition) is 4. The monoisotopic (exact) mass is 940 g/mol. The number of fused-ring (bicyclic) bond motifs is 1. The molecule has 0 aliphatic carbocycles. The van der Waals surface area contributed by atoms with Crippen LogP contribution in [0.25, 0.3) is 0 Å². The number of imide groups is 2. The van der Waals surface area contributed by atoms with E-state index in [0.717, 1.165) is 81.1 Å². The summed E-state index contributed by atoms with van der Waals surface area (Å²) in [5.41, 5.74) is 3.71. The fourth-order valence-corrected chi connectivity index (χ4v) is 9.05. The molecule has 1 aromatic heterocycles. The Balaban J connectivity index is 0.768. The molecule has 4 heterocycles. The fourth-order valence-electron chi connectivity index (χ4n) is 8.48. The van der Waals surface area contributed by atoms with Crippen molar-refractivity contribution in [3.05, 3.63) is 83.0 Å². The molecule has 4 N–H and O–H groups in total. The molecule has 0 radical (unpaired) electrons. The number of piperidine rings is 1. The molecular formula is C47H57ClN10O7S. The zero-order valence-electron chi connectivity index (χ0n) is 37.6. The average molecular weight is 942 g/mol. The Morgan fingerprint density at radius 3 is 2.32 bits per heavy atom. The molecule has 2 unspecified atom stereocenters. The van der Waals surface area contributed by atoms with Crippen LogP contribution in [0.2, 0.25) is 5.02 Å². The third kappa shape index (κ3) is 11.6. The molecule has 3 aliphatic heterocycles. The highest BCUT2D eigenvalue weighted by Crippen LogP contribution is 2.36. The smallest absolute Gasteiger partial charge is 0.264 e. The molecule has 2 atom stereocenters. The number of benzene rings is 3. The number of hydrogen-bond acceptors (Lipinski definition) is 13. The molecule has 350 valence electrons. The van der Waals surface area contributed by atoms with Gasteiger partial charge in [0.05, 0.1) is 47.2 Å². The average Bonchev–Trinajstić information content (AvgIpc) is 3.57. The molecule has 17 nitrogen and oxygen atoms in total. The largest absolute Gasteiger partial charge is 0.494 e. The highest BCUT2D eigenvalue weighted by Gasteiger charge is 2.45. The maximum absolute atomic E-state index is 13.3. The molecule has 7 rings (SSSR count). The van der Waals surface area contributed by atoms with Crippen LogP contribution in [0.15, 0.2) is 66.9 Å². The number of halogens is 1. The lowest BCUT2D eigenvalue weighted by molar-refractivity contribution is -0.136. The van der Waals surface area contributed by atoms with Crippen LogP contribution in [0.1, 0.15) is 91.3 Å². The lowest BCUT2D eigenvalue weighted by atomic mass is 10.0. The van der Waals surface area contributed by atoms with E-state index in [1.165, 1.54) is 25.1 Å². The lowest BCUT2D eigenvalue weighted by Gasteiger charge is -2.36. The Bertz CT molecular complexity index is 2470. The molecule has 2 fully saturated rings. The Morgan fingerprint density at radius 2 is 1.59 bits per heavy atom. The van der Waals surface area contributed by atoms with Gasteiger partial charge in [0.1, 0.15) is 27.8 Å². The minimum Gasteiger partial charge on any atom is -0.494 e. The Kier molecular flexibility index (Phi) is 16.2. The first-order valence-electron chi connectivity index (χ1n) is 22.4. The fraction of sp³-hybridized carbons (Fsp3) is 0.426. The van der Waals surface area contributed by atoms with Gasteiger partial charge in [-0.15, -0.1) is 0 Å². The van der Waals surface area contributed by atoms with Crippen LogP contribution >= 0.6 is 11.6 Å². The number of piperazine rings is 1. The minimum atomic E-state index is -1.22. The van der Waals surface area contributed by atoms with E-state index >= 15 is 0 Å². The molecule has 66 heavy (non-hydrogen) atoms. The van der Waals surface area contributed by atoms with E-state index in [4.69, 9.17) is 16.3 Å². The van der Waals surface area contributed by atoms with Crippen LogP contribution in [0.5, 0.6) is 5.75 Å². The third-order valence-corrected chi connectivity index (χ3v) is 13.4. The van der Waals surface area contributed by atoms with E-state index in [2.05, 4.69) is 47.1 Å². The van der Waals surface area contributed by atoms with Gasteiger partial charge in [-0.1, -0.05) is 68.3 Å². The third-order valence-electron chi connectivity index (χ3n) is 12.2. The van der Waals surface area contributed by atoms with Gasteiger partial charge < -0.3 is 25.6 Å². The number of ether oxygens (including phenoxy) is 1. The Labute approximate surface area is 392 Å². The zero-order valence-corrected chi connectivity index (χ0v) is 39.1. The highest BCUT2D eigenvalue weighted by atomic mass is 35.5. The van der Waals surface area contributed by atoms with Crippen LogP contribution in [0, 0.1) is 0 Å². The van der Waals surface area contributed by atoms with Crippen molar-refractivity contribution in [1.82, 2.24) is 25.1 Å². The molecule has 0 bridgehead atoms. The summed E-state index contributed by atoms with van der Waals surface area (Å²) in [6, 6.07) is 17.2. The van der Waals surface area contributed by atoms with Crippen molar-refractivity contribution in [2.24, 2.45) is 0 Å². The summed E-state index contributed by atoms with van der Waals surface area (Å²) < 4.78 is 19.6. The van der Waals surface area contributed by atoms with Crippen molar-refractivity contribution in [2.75, 3.05) is 78.3 Å². The van der Waals surface area contributed by atoms with Crippen LogP contribution in [-0.4, -0.2) is 113 Å². The summed E-state index contributed by atoms with van der Waals surface area (Å²) in [6.07, 6.45) is 12.0. The number of unbranched alkanes of at least 4 members (excludes halogenated alkanes) is 7. The van der Waals surface area contributed by atoms with Crippen LogP contribution < -0.4 is 35.2 Å². The van der Waals surface area contributed by atoms with Gasteiger partial charge >= 0.3 is 0 Å². The molecule has 3 aromatic carbocycles. The number of carbonyl (C=O) groups is 5. The molecule has 0 saturated carbocycles. The van der Waals surface area contributed by atoms with Crippen LogP contribution in [0.3, 0.4) is 0 Å².